The summed E-state index contributed by atoms with van der Waals surface area (Å²) >= 11 is 0. The van der Waals surface area contributed by atoms with Gasteiger partial charge in [-0.1, -0.05) is 40.3 Å². The van der Waals surface area contributed by atoms with E-state index in [-0.39, 0.29) is 0 Å². The molecule has 0 bridgehead atoms. The van der Waals surface area contributed by atoms with E-state index in [9.17, 15) is 0 Å². The third-order valence-corrected chi connectivity index (χ3v) is 1.83. The number of rotatable bonds is 4. The molecule has 0 rings (SSSR count). The fourth-order valence-electron chi connectivity index (χ4n) is 0.996. The van der Waals surface area contributed by atoms with Crippen LogP contribution in [0, 0.1) is 5.92 Å². The molecule has 1 heteroatoms. The Labute approximate surface area is 89.6 Å². The van der Waals surface area contributed by atoms with E-state index >= 15 is 0 Å². The summed E-state index contributed by atoms with van der Waals surface area (Å²) in [7, 11) is 1.90. The fraction of sp³-hybridized carbons (Fsp3) is 0.538. The van der Waals surface area contributed by atoms with Gasteiger partial charge in [-0.15, -0.1) is 0 Å². The summed E-state index contributed by atoms with van der Waals surface area (Å²) in [4.78, 5) is 0. The summed E-state index contributed by atoms with van der Waals surface area (Å²) in [6.45, 7) is 14.1. The van der Waals surface area contributed by atoms with Crippen molar-refractivity contribution in [2.45, 2.75) is 34.6 Å². The standard InChI is InChI=1S/C11H19N.C2H6/c1-6-10(9(3)4)8-11(7-2)12-5;1-2/h6-9,12H,2H2,1,3-5H3;1-2H3/b10-6+,11-8+;. The monoisotopic (exact) mass is 195 g/mol. The maximum atomic E-state index is 3.72. The van der Waals surface area contributed by atoms with E-state index < -0.39 is 0 Å². The van der Waals surface area contributed by atoms with Crippen molar-refractivity contribution in [2.75, 3.05) is 7.05 Å². The van der Waals surface area contributed by atoms with Gasteiger partial charge in [0.2, 0.25) is 0 Å². The van der Waals surface area contributed by atoms with Crippen molar-refractivity contribution >= 4 is 0 Å². The van der Waals surface area contributed by atoms with Gasteiger partial charge in [-0.25, -0.2) is 0 Å². The quantitative estimate of drug-likeness (QED) is 0.671. The zero-order valence-corrected chi connectivity index (χ0v) is 10.5. The summed E-state index contributed by atoms with van der Waals surface area (Å²) in [5, 5.41) is 3.07. The second-order valence-electron chi connectivity index (χ2n) is 3.00. The molecular formula is C13H25N. The molecule has 0 amide bonds. The molecule has 0 radical (unpaired) electrons. The van der Waals surface area contributed by atoms with Crippen LogP contribution in [0.15, 0.2) is 36.1 Å². The molecule has 1 nitrogen and oxygen atoms in total. The van der Waals surface area contributed by atoms with E-state index in [1.54, 1.807) is 0 Å². The molecule has 0 aromatic carbocycles. The third-order valence-electron chi connectivity index (χ3n) is 1.83. The van der Waals surface area contributed by atoms with Crippen LogP contribution in [0.5, 0.6) is 0 Å². The maximum Gasteiger partial charge on any atom is 0.0334 e. The molecule has 0 fully saturated rings. The van der Waals surface area contributed by atoms with Crippen LogP contribution in [0.1, 0.15) is 34.6 Å². The van der Waals surface area contributed by atoms with Crippen LogP contribution in [0.2, 0.25) is 0 Å². The van der Waals surface area contributed by atoms with Crippen LogP contribution in [-0.2, 0) is 0 Å². The minimum Gasteiger partial charge on any atom is -0.388 e. The summed E-state index contributed by atoms with van der Waals surface area (Å²) in [5.41, 5.74) is 2.40. The zero-order valence-electron chi connectivity index (χ0n) is 10.5. The van der Waals surface area contributed by atoms with Gasteiger partial charge >= 0.3 is 0 Å². The first-order valence-corrected chi connectivity index (χ1v) is 5.33. The molecule has 0 aliphatic rings. The Morgan fingerprint density at radius 1 is 1.29 bits per heavy atom. The lowest BCUT2D eigenvalue weighted by atomic mass is 10.0. The summed E-state index contributed by atoms with van der Waals surface area (Å²) < 4.78 is 0. The van der Waals surface area contributed by atoms with Crippen molar-refractivity contribution in [3.8, 4) is 0 Å². The molecule has 0 unspecified atom stereocenters. The van der Waals surface area contributed by atoms with E-state index in [1.807, 2.05) is 27.0 Å². The summed E-state index contributed by atoms with van der Waals surface area (Å²) in [5.74, 6) is 0.568. The summed E-state index contributed by atoms with van der Waals surface area (Å²) in [6.07, 6.45) is 6.08. The van der Waals surface area contributed by atoms with Gasteiger partial charge in [-0.05, 0) is 30.6 Å². The molecule has 1 N–H and O–H groups in total. The third kappa shape index (κ3) is 6.53. The Morgan fingerprint density at radius 3 is 2.00 bits per heavy atom. The van der Waals surface area contributed by atoms with E-state index in [0.717, 1.165) is 5.70 Å². The largest absolute Gasteiger partial charge is 0.388 e. The molecule has 0 saturated heterocycles. The first-order chi connectivity index (χ1) is 6.65. The highest BCUT2D eigenvalue weighted by Gasteiger charge is 1.98. The SMILES string of the molecule is C=C/C(=C\C(=C/C)C(C)C)NC.CC. The number of allylic oxidation sites excluding steroid dienone is 4. The van der Waals surface area contributed by atoms with Crippen LogP contribution in [0.3, 0.4) is 0 Å². The number of likely N-dealkylation sites (N-methyl/N-ethyl adjacent to an activating group) is 1. The minimum absolute atomic E-state index is 0.568. The summed E-state index contributed by atoms with van der Waals surface area (Å²) in [6, 6.07) is 0. The molecule has 82 valence electrons. The smallest absolute Gasteiger partial charge is 0.0334 e. The van der Waals surface area contributed by atoms with Crippen LogP contribution < -0.4 is 5.32 Å². The van der Waals surface area contributed by atoms with Crippen LogP contribution in [0.25, 0.3) is 0 Å². The van der Waals surface area contributed by atoms with Crippen molar-refractivity contribution in [2.24, 2.45) is 5.92 Å². The predicted octanol–water partition coefficient (Wildman–Crippen LogP) is 3.90. The number of nitrogens with one attached hydrogen (secondary N) is 1. The number of hydrogen-bond donors (Lipinski definition) is 1. The highest BCUT2D eigenvalue weighted by Crippen LogP contribution is 2.12. The van der Waals surface area contributed by atoms with Gasteiger partial charge in [-0.3, -0.25) is 0 Å². The molecule has 0 atom stereocenters. The van der Waals surface area contributed by atoms with Gasteiger partial charge < -0.3 is 5.32 Å². The first kappa shape index (κ1) is 15.5. The highest BCUT2D eigenvalue weighted by atomic mass is 14.8. The predicted molar refractivity (Wildman–Crippen MR) is 67.3 cm³/mol. The molecule has 0 aromatic heterocycles. The Kier molecular flexibility index (Phi) is 11.2. The molecule has 0 aliphatic carbocycles. The Hall–Kier alpha value is -0.980. The molecule has 0 saturated carbocycles. The van der Waals surface area contributed by atoms with Crippen molar-refractivity contribution in [1.82, 2.24) is 5.32 Å². The van der Waals surface area contributed by atoms with Crippen LogP contribution in [0.4, 0.5) is 0 Å². The molecule has 14 heavy (non-hydrogen) atoms. The molecule has 0 aromatic rings. The average Bonchev–Trinajstić information content (AvgIpc) is 2.22. The lowest BCUT2D eigenvalue weighted by Crippen LogP contribution is -2.04. The lowest BCUT2D eigenvalue weighted by molar-refractivity contribution is 0.785. The Morgan fingerprint density at radius 2 is 1.79 bits per heavy atom. The van der Waals surface area contributed by atoms with E-state index in [2.05, 4.69) is 44.8 Å². The van der Waals surface area contributed by atoms with Gasteiger partial charge in [0.15, 0.2) is 0 Å². The lowest BCUT2D eigenvalue weighted by Gasteiger charge is -2.07. The highest BCUT2D eigenvalue weighted by molar-refractivity contribution is 5.28. The molecule has 0 spiro atoms. The van der Waals surface area contributed by atoms with Crippen molar-refractivity contribution in [1.29, 1.82) is 0 Å². The van der Waals surface area contributed by atoms with Gasteiger partial charge in [0.05, 0.1) is 0 Å². The van der Waals surface area contributed by atoms with Crippen molar-refractivity contribution in [3.63, 3.8) is 0 Å². The Balaban J connectivity index is 0. The average molecular weight is 195 g/mol. The normalized spacial score (nSPS) is 11.9. The van der Waals surface area contributed by atoms with E-state index in [1.165, 1.54) is 5.57 Å². The second kappa shape index (κ2) is 10.1. The van der Waals surface area contributed by atoms with Gasteiger partial charge in [0, 0.05) is 12.7 Å². The molecule has 0 heterocycles. The second-order valence-corrected chi connectivity index (χ2v) is 3.00. The zero-order chi connectivity index (χ0) is 11.6. The van der Waals surface area contributed by atoms with Crippen molar-refractivity contribution in [3.05, 3.63) is 36.1 Å². The van der Waals surface area contributed by atoms with Gasteiger partial charge in [-0.2, -0.15) is 0 Å². The molecular weight excluding hydrogens is 170 g/mol. The molecule has 0 aliphatic heterocycles. The Bertz CT molecular complexity index is 197. The van der Waals surface area contributed by atoms with E-state index in [0.29, 0.717) is 5.92 Å². The van der Waals surface area contributed by atoms with Crippen molar-refractivity contribution < 1.29 is 0 Å². The van der Waals surface area contributed by atoms with E-state index in [4.69, 9.17) is 0 Å². The topological polar surface area (TPSA) is 12.0 Å². The number of hydrogen-bond acceptors (Lipinski definition) is 1. The maximum absolute atomic E-state index is 3.72. The fourth-order valence-corrected chi connectivity index (χ4v) is 0.996. The van der Waals surface area contributed by atoms with Crippen LogP contribution >= 0.6 is 0 Å². The van der Waals surface area contributed by atoms with Crippen LogP contribution in [-0.4, -0.2) is 7.05 Å². The first-order valence-electron chi connectivity index (χ1n) is 5.33. The van der Waals surface area contributed by atoms with Gasteiger partial charge in [0.1, 0.15) is 0 Å². The minimum atomic E-state index is 0.568. The van der Waals surface area contributed by atoms with Gasteiger partial charge in [0.25, 0.3) is 0 Å².